The van der Waals surface area contributed by atoms with Gasteiger partial charge in [0.15, 0.2) is 6.10 Å². The van der Waals surface area contributed by atoms with Gasteiger partial charge in [-0.2, -0.15) is 13.2 Å². The van der Waals surface area contributed by atoms with Crippen LogP contribution in [0.3, 0.4) is 0 Å². The Hall–Kier alpha value is -1.17. The molecule has 16 heavy (non-hydrogen) atoms. The summed E-state index contributed by atoms with van der Waals surface area (Å²) in [6.07, 6.45) is -6.61. The van der Waals surface area contributed by atoms with Crippen molar-refractivity contribution in [3.63, 3.8) is 0 Å². The second-order valence-electron chi connectivity index (χ2n) is 3.11. The Balaban J connectivity index is 2.94. The third kappa shape index (κ3) is 2.91. The second kappa shape index (κ2) is 4.37. The number of benzene rings is 1. The average Bonchev–Trinajstić information content (AvgIpc) is 2.12. The molecule has 1 atom stereocenters. The molecule has 1 rings (SSSR count). The van der Waals surface area contributed by atoms with Crippen LogP contribution in [0.15, 0.2) is 12.1 Å². The summed E-state index contributed by atoms with van der Waals surface area (Å²) in [7, 11) is 0. The molecule has 0 saturated carbocycles. The molecule has 0 bridgehead atoms. The summed E-state index contributed by atoms with van der Waals surface area (Å²) in [6, 6.07) is 1.72. The molecule has 0 heterocycles. The molecule has 2 nitrogen and oxygen atoms in total. The number of ether oxygens (including phenoxy) is 1. The van der Waals surface area contributed by atoms with Gasteiger partial charge in [-0.25, -0.2) is 4.39 Å². The lowest BCUT2D eigenvalue weighted by Crippen LogP contribution is -2.31. The smallest absolute Gasteiger partial charge is 0.425 e. The molecule has 0 aliphatic rings. The van der Waals surface area contributed by atoms with Gasteiger partial charge in [0.05, 0.1) is 10.7 Å². The summed E-state index contributed by atoms with van der Waals surface area (Å²) in [5, 5.41) is -0.274. The zero-order chi connectivity index (χ0) is 12.5. The van der Waals surface area contributed by atoms with Crippen molar-refractivity contribution >= 4 is 17.3 Å². The van der Waals surface area contributed by atoms with Gasteiger partial charge in [-0.1, -0.05) is 11.6 Å². The van der Waals surface area contributed by atoms with E-state index in [1.54, 1.807) is 0 Å². The van der Waals surface area contributed by atoms with E-state index >= 15 is 0 Å². The number of nitrogens with two attached hydrogens (primary N) is 1. The van der Waals surface area contributed by atoms with Crippen LogP contribution in [0, 0.1) is 5.82 Å². The standard InChI is InChI=1S/C9H8ClF4NO/c1-4(9(12,13)14)16-8-3-6(11)5(10)2-7(8)15/h2-4H,15H2,1H3. The Kier molecular flexibility index (Phi) is 3.52. The summed E-state index contributed by atoms with van der Waals surface area (Å²) in [5.74, 6) is -1.27. The Morgan fingerprint density at radius 2 is 1.94 bits per heavy atom. The molecule has 0 radical (unpaired) electrons. The number of alkyl halides is 3. The topological polar surface area (TPSA) is 35.2 Å². The largest absolute Gasteiger partial charge is 0.479 e. The SMILES string of the molecule is CC(Oc1cc(F)c(Cl)cc1N)C(F)(F)F. The zero-order valence-electron chi connectivity index (χ0n) is 8.11. The summed E-state index contributed by atoms with van der Waals surface area (Å²) < 4.78 is 53.9. The van der Waals surface area contributed by atoms with Crippen molar-refractivity contribution in [1.29, 1.82) is 0 Å². The molecule has 7 heteroatoms. The van der Waals surface area contributed by atoms with E-state index in [0.717, 1.165) is 19.1 Å². The quantitative estimate of drug-likeness (QED) is 0.651. The molecule has 0 aliphatic carbocycles. The van der Waals surface area contributed by atoms with Crippen molar-refractivity contribution in [2.75, 3.05) is 5.73 Å². The maximum atomic E-state index is 13.0. The first-order chi connectivity index (χ1) is 7.21. The first-order valence-electron chi connectivity index (χ1n) is 4.19. The van der Waals surface area contributed by atoms with Gasteiger partial charge in [-0.3, -0.25) is 0 Å². The molecule has 0 saturated heterocycles. The lowest BCUT2D eigenvalue weighted by molar-refractivity contribution is -0.189. The minimum absolute atomic E-state index is 0.150. The molecule has 90 valence electrons. The highest BCUT2D eigenvalue weighted by Gasteiger charge is 2.38. The van der Waals surface area contributed by atoms with Crippen molar-refractivity contribution in [1.82, 2.24) is 0 Å². The van der Waals surface area contributed by atoms with Gasteiger partial charge in [0.2, 0.25) is 0 Å². The number of halogens is 5. The van der Waals surface area contributed by atoms with Crippen molar-refractivity contribution in [2.45, 2.75) is 19.2 Å². The van der Waals surface area contributed by atoms with Crippen molar-refractivity contribution in [3.05, 3.63) is 23.0 Å². The minimum atomic E-state index is -4.54. The van der Waals surface area contributed by atoms with Crippen LogP contribution in [0.4, 0.5) is 23.2 Å². The number of nitrogen functional groups attached to an aromatic ring is 1. The van der Waals surface area contributed by atoms with E-state index in [1.807, 2.05) is 0 Å². The number of rotatable bonds is 2. The van der Waals surface area contributed by atoms with Gasteiger partial charge >= 0.3 is 6.18 Å². The normalized spacial score (nSPS) is 13.6. The first kappa shape index (κ1) is 12.9. The molecular weight excluding hydrogens is 250 g/mol. The molecule has 1 aromatic carbocycles. The molecule has 0 aromatic heterocycles. The maximum Gasteiger partial charge on any atom is 0.425 e. The van der Waals surface area contributed by atoms with E-state index in [4.69, 9.17) is 17.3 Å². The van der Waals surface area contributed by atoms with Crippen molar-refractivity contribution < 1.29 is 22.3 Å². The van der Waals surface area contributed by atoms with Gasteiger partial charge in [0.1, 0.15) is 11.6 Å². The molecular formula is C9H8ClF4NO. The highest BCUT2D eigenvalue weighted by atomic mass is 35.5. The van der Waals surface area contributed by atoms with Crippen LogP contribution in [0.1, 0.15) is 6.92 Å². The lowest BCUT2D eigenvalue weighted by atomic mass is 10.3. The van der Waals surface area contributed by atoms with E-state index in [9.17, 15) is 17.6 Å². The molecule has 0 amide bonds. The first-order valence-corrected chi connectivity index (χ1v) is 4.57. The van der Waals surface area contributed by atoms with Crippen LogP contribution in [-0.4, -0.2) is 12.3 Å². The number of hydrogen-bond donors (Lipinski definition) is 1. The fourth-order valence-electron chi connectivity index (χ4n) is 0.903. The zero-order valence-corrected chi connectivity index (χ0v) is 8.86. The molecule has 1 aromatic rings. The fourth-order valence-corrected chi connectivity index (χ4v) is 1.08. The van der Waals surface area contributed by atoms with Crippen molar-refractivity contribution in [3.8, 4) is 5.75 Å². The minimum Gasteiger partial charge on any atom is -0.479 e. The van der Waals surface area contributed by atoms with E-state index in [2.05, 4.69) is 4.74 Å². The second-order valence-corrected chi connectivity index (χ2v) is 3.51. The Bertz CT molecular complexity index is 394. The van der Waals surface area contributed by atoms with Gasteiger partial charge < -0.3 is 10.5 Å². The van der Waals surface area contributed by atoms with Crippen LogP contribution in [0.5, 0.6) is 5.75 Å². The summed E-state index contributed by atoms with van der Waals surface area (Å²) in [6.45, 7) is 0.798. The molecule has 0 aliphatic heterocycles. The van der Waals surface area contributed by atoms with E-state index in [0.29, 0.717) is 0 Å². The average molecular weight is 258 g/mol. The van der Waals surface area contributed by atoms with E-state index in [-0.39, 0.29) is 16.5 Å². The highest BCUT2D eigenvalue weighted by Crippen LogP contribution is 2.31. The Morgan fingerprint density at radius 3 is 2.44 bits per heavy atom. The van der Waals surface area contributed by atoms with E-state index in [1.165, 1.54) is 0 Å². The number of hydrogen-bond acceptors (Lipinski definition) is 2. The van der Waals surface area contributed by atoms with Gasteiger partial charge in [0, 0.05) is 6.07 Å². The van der Waals surface area contributed by atoms with Crippen LogP contribution < -0.4 is 10.5 Å². The molecule has 2 N–H and O–H groups in total. The van der Waals surface area contributed by atoms with Gasteiger partial charge in [0.25, 0.3) is 0 Å². The maximum absolute atomic E-state index is 13.0. The third-order valence-corrected chi connectivity index (χ3v) is 2.11. The van der Waals surface area contributed by atoms with Crippen LogP contribution >= 0.6 is 11.6 Å². The monoisotopic (exact) mass is 257 g/mol. The lowest BCUT2D eigenvalue weighted by Gasteiger charge is -2.18. The van der Waals surface area contributed by atoms with Crippen LogP contribution in [0.2, 0.25) is 5.02 Å². The summed E-state index contributed by atoms with van der Waals surface area (Å²) in [4.78, 5) is 0. The van der Waals surface area contributed by atoms with Crippen LogP contribution in [-0.2, 0) is 0 Å². The van der Waals surface area contributed by atoms with Gasteiger partial charge in [-0.05, 0) is 13.0 Å². The molecule has 0 spiro atoms. The Labute approximate surface area is 93.9 Å². The molecule has 1 unspecified atom stereocenters. The van der Waals surface area contributed by atoms with E-state index < -0.39 is 18.1 Å². The van der Waals surface area contributed by atoms with Gasteiger partial charge in [-0.15, -0.1) is 0 Å². The predicted octanol–water partition coefficient (Wildman–Crippen LogP) is 3.39. The number of anilines is 1. The van der Waals surface area contributed by atoms with Crippen molar-refractivity contribution in [2.24, 2.45) is 0 Å². The summed E-state index contributed by atoms with van der Waals surface area (Å²) in [5.41, 5.74) is 5.19. The summed E-state index contributed by atoms with van der Waals surface area (Å²) >= 11 is 5.38. The Morgan fingerprint density at radius 1 is 1.38 bits per heavy atom. The fraction of sp³-hybridized carbons (Fsp3) is 0.333. The third-order valence-electron chi connectivity index (χ3n) is 1.82. The van der Waals surface area contributed by atoms with Crippen LogP contribution in [0.25, 0.3) is 0 Å². The molecule has 0 fully saturated rings. The highest BCUT2D eigenvalue weighted by molar-refractivity contribution is 6.31. The predicted molar refractivity (Wildman–Crippen MR) is 52.0 cm³/mol.